The zero-order valence-corrected chi connectivity index (χ0v) is 25.1. The maximum absolute atomic E-state index is 6.30. The van der Waals surface area contributed by atoms with E-state index in [9.17, 15) is 0 Å². The molecule has 0 radical (unpaired) electrons. The number of aromatic nitrogens is 4. The van der Waals surface area contributed by atoms with Crippen molar-refractivity contribution in [2.24, 2.45) is 0 Å². The van der Waals surface area contributed by atoms with Crippen molar-refractivity contribution in [1.82, 2.24) is 19.9 Å². The van der Waals surface area contributed by atoms with Gasteiger partial charge in [0.1, 0.15) is 0 Å². The first-order valence-electron chi connectivity index (χ1n) is 11.4. The number of nitrogens with zero attached hydrogens (tertiary/aromatic N) is 4. The van der Waals surface area contributed by atoms with Crippen LogP contribution >= 0.6 is 23.2 Å². The molecule has 190 valence electrons. The van der Waals surface area contributed by atoms with Gasteiger partial charge in [0, 0.05) is 0 Å². The summed E-state index contributed by atoms with van der Waals surface area (Å²) in [6, 6.07) is 7.56. The number of ether oxygens (including phenoxy) is 4. The minimum absolute atomic E-state index is 0.0938. The molecule has 4 rings (SSSR count). The van der Waals surface area contributed by atoms with Crippen molar-refractivity contribution in [2.45, 2.75) is 27.7 Å². The summed E-state index contributed by atoms with van der Waals surface area (Å²) in [5.74, 6) is 2.57. The summed E-state index contributed by atoms with van der Waals surface area (Å²) in [6.07, 6.45) is 0. The molecule has 2 aromatic carbocycles. The van der Waals surface area contributed by atoms with E-state index in [-0.39, 0.29) is 36.8 Å². The molecule has 0 unspecified atom stereocenters. The van der Waals surface area contributed by atoms with Crippen molar-refractivity contribution in [3.8, 4) is 23.0 Å². The van der Waals surface area contributed by atoms with E-state index in [0.29, 0.717) is 60.5 Å². The first kappa shape index (κ1) is 27.0. The van der Waals surface area contributed by atoms with Crippen LogP contribution in [0.1, 0.15) is 27.7 Å². The van der Waals surface area contributed by atoms with Crippen molar-refractivity contribution in [2.75, 3.05) is 26.4 Å². The molecule has 0 aliphatic rings. The van der Waals surface area contributed by atoms with Crippen molar-refractivity contribution in [3.63, 3.8) is 0 Å². The number of benzene rings is 2. The van der Waals surface area contributed by atoms with Gasteiger partial charge >= 0.3 is 231 Å². The molecule has 0 aliphatic carbocycles. The van der Waals surface area contributed by atoms with Gasteiger partial charge in [0.2, 0.25) is 0 Å². The maximum atomic E-state index is 6.30. The number of halogens is 2. The molecule has 0 bridgehead atoms. The van der Waals surface area contributed by atoms with Gasteiger partial charge < -0.3 is 0 Å². The SMILES string of the molecule is CCOc1cc2nc(Cl)nc([Se][Se]c3nc(Cl)nc4cc(OCC)c(OCC)cc34)c2cc1OCC. The predicted octanol–water partition coefficient (Wildman–Crippen LogP) is 3.75. The Balaban J connectivity index is 1.75. The van der Waals surface area contributed by atoms with Crippen LogP contribution in [0.3, 0.4) is 0 Å². The summed E-state index contributed by atoms with van der Waals surface area (Å²) in [5.41, 5.74) is 1.42. The molecular formula is C24H24Cl2N4O4Se2. The van der Waals surface area contributed by atoms with Crippen LogP contribution in [0.2, 0.25) is 10.6 Å². The minimum atomic E-state index is -0.0938. The fourth-order valence-corrected chi connectivity index (χ4v) is 10.4. The Bertz CT molecular complexity index is 1290. The molecule has 0 atom stereocenters. The quantitative estimate of drug-likeness (QED) is 0.178. The Morgan fingerprint density at radius 2 is 0.889 bits per heavy atom. The Morgan fingerprint density at radius 1 is 0.556 bits per heavy atom. The van der Waals surface area contributed by atoms with E-state index in [1.807, 2.05) is 52.0 Å². The molecule has 0 saturated heterocycles. The zero-order chi connectivity index (χ0) is 25.7. The molecule has 0 spiro atoms. The van der Waals surface area contributed by atoms with Crippen molar-refractivity contribution in [3.05, 3.63) is 34.8 Å². The first-order valence-corrected chi connectivity index (χ1v) is 18.2. The second-order valence-electron chi connectivity index (χ2n) is 7.13. The van der Waals surface area contributed by atoms with Gasteiger partial charge in [-0.3, -0.25) is 0 Å². The average molecular weight is 661 g/mol. The fraction of sp³-hybridized carbons (Fsp3) is 0.333. The van der Waals surface area contributed by atoms with Gasteiger partial charge in [-0.2, -0.15) is 0 Å². The number of rotatable bonds is 11. The van der Waals surface area contributed by atoms with E-state index in [4.69, 9.17) is 42.1 Å². The van der Waals surface area contributed by atoms with E-state index in [1.165, 1.54) is 0 Å². The monoisotopic (exact) mass is 662 g/mol. The van der Waals surface area contributed by atoms with E-state index in [2.05, 4.69) is 19.9 Å². The average Bonchev–Trinajstić information content (AvgIpc) is 2.84. The van der Waals surface area contributed by atoms with Crippen LogP contribution in [-0.2, 0) is 0 Å². The summed E-state index contributed by atoms with van der Waals surface area (Å²) in [6.45, 7) is 9.78. The molecule has 0 fully saturated rings. The van der Waals surface area contributed by atoms with Gasteiger partial charge in [0.05, 0.1) is 0 Å². The molecule has 2 heterocycles. The Morgan fingerprint density at radius 3 is 1.22 bits per heavy atom. The molecule has 2 aromatic heterocycles. The zero-order valence-electron chi connectivity index (χ0n) is 20.1. The van der Waals surface area contributed by atoms with Gasteiger partial charge in [-0.15, -0.1) is 0 Å². The van der Waals surface area contributed by atoms with Gasteiger partial charge in [0.25, 0.3) is 0 Å². The number of hydrogen-bond donors (Lipinski definition) is 0. The molecule has 12 heteroatoms. The first-order chi connectivity index (χ1) is 17.5. The molecule has 0 amide bonds. The third kappa shape index (κ3) is 6.08. The second kappa shape index (κ2) is 12.5. The van der Waals surface area contributed by atoms with Gasteiger partial charge in [-0.25, -0.2) is 0 Å². The van der Waals surface area contributed by atoms with Crippen molar-refractivity contribution < 1.29 is 18.9 Å². The van der Waals surface area contributed by atoms with Gasteiger partial charge in [-0.05, 0) is 0 Å². The van der Waals surface area contributed by atoms with Crippen LogP contribution < -0.4 is 28.1 Å². The summed E-state index contributed by atoms with van der Waals surface area (Å²) < 4.78 is 24.9. The van der Waals surface area contributed by atoms with Crippen LogP contribution in [0, 0.1) is 0 Å². The molecular weight excluding hydrogens is 637 g/mol. The van der Waals surface area contributed by atoms with E-state index in [1.54, 1.807) is 0 Å². The summed E-state index contributed by atoms with van der Waals surface area (Å²) in [7, 11) is 0. The molecule has 36 heavy (non-hydrogen) atoms. The predicted molar refractivity (Wildman–Crippen MR) is 145 cm³/mol. The van der Waals surface area contributed by atoms with Crippen LogP contribution in [0.5, 0.6) is 23.0 Å². The third-order valence-corrected chi connectivity index (χ3v) is 11.6. The molecule has 0 saturated carbocycles. The number of fused-ring (bicyclic) bond motifs is 2. The summed E-state index contributed by atoms with van der Waals surface area (Å²) in [4.78, 5) is 18.0. The second-order valence-corrected chi connectivity index (χ2v) is 13.8. The Hall–Kier alpha value is -2.06. The molecule has 0 N–H and O–H groups in total. The van der Waals surface area contributed by atoms with Crippen LogP contribution in [-0.4, -0.2) is 72.6 Å². The normalized spacial score (nSPS) is 11.2. The third-order valence-electron chi connectivity index (χ3n) is 4.80. The van der Waals surface area contributed by atoms with Gasteiger partial charge in [0.15, 0.2) is 0 Å². The molecule has 4 aromatic rings. The summed E-state index contributed by atoms with van der Waals surface area (Å²) >= 11 is 12.4. The van der Waals surface area contributed by atoms with Crippen LogP contribution in [0.15, 0.2) is 24.3 Å². The number of hydrogen-bond acceptors (Lipinski definition) is 8. The van der Waals surface area contributed by atoms with Crippen molar-refractivity contribution in [1.29, 1.82) is 0 Å². The van der Waals surface area contributed by atoms with E-state index < -0.39 is 0 Å². The Labute approximate surface area is 230 Å². The topological polar surface area (TPSA) is 88.5 Å². The van der Waals surface area contributed by atoms with E-state index >= 15 is 0 Å². The van der Waals surface area contributed by atoms with Crippen molar-refractivity contribution >= 4 is 80.5 Å². The van der Waals surface area contributed by atoms with Gasteiger partial charge in [-0.1, -0.05) is 0 Å². The van der Waals surface area contributed by atoms with E-state index in [0.717, 1.165) is 20.0 Å². The standard InChI is InChI=1S/C24H24Cl2N4O4Se2/c1-5-31-17-9-13-15(11-19(17)33-7-3)27-23(25)29-21(13)35-36-22-14-10-18(32-6-2)20(34-8-4)12-16(14)28-24(26)30-22/h9-12H,5-8H2,1-4H3. The molecule has 0 aliphatic heterocycles. The summed E-state index contributed by atoms with van der Waals surface area (Å²) in [5, 5.41) is 2.14. The fourth-order valence-electron chi connectivity index (χ4n) is 3.44. The van der Waals surface area contributed by atoms with Crippen LogP contribution in [0.4, 0.5) is 0 Å². The van der Waals surface area contributed by atoms with Crippen LogP contribution in [0.25, 0.3) is 21.8 Å². The Kier molecular flexibility index (Phi) is 9.34. The molecule has 8 nitrogen and oxygen atoms in total.